The van der Waals surface area contributed by atoms with Crippen LogP contribution in [-0.2, 0) is 11.2 Å². The van der Waals surface area contributed by atoms with Crippen LogP contribution in [0, 0.1) is 0 Å². The zero-order chi connectivity index (χ0) is 16.2. The van der Waals surface area contributed by atoms with Gasteiger partial charge in [0, 0.05) is 17.8 Å². The zero-order valence-corrected chi connectivity index (χ0v) is 14.6. The van der Waals surface area contributed by atoms with Gasteiger partial charge in [-0.15, -0.1) is 11.3 Å². The second-order valence-electron chi connectivity index (χ2n) is 5.92. The number of carbonyl (C=O) groups is 1. The van der Waals surface area contributed by atoms with E-state index >= 15 is 0 Å². The molecule has 4 heteroatoms. The average molecular weight is 329 g/mol. The number of thiophene rings is 1. The highest BCUT2D eigenvalue weighted by molar-refractivity contribution is 7.10. The Morgan fingerprint density at radius 1 is 1.30 bits per heavy atom. The molecule has 3 rings (SSSR count). The van der Waals surface area contributed by atoms with Gasteiger partial charge in [0.25, 0.3) is 0 Å². The van der Waals surface area contributed by atoms with Crippen molar-refractivity contribution >= 4 is 17.2 Å². The Morgan fingerprint density at radius 2 is 2.09 bits per heavy atom. The van der Waals surface area contributed by atoms with Gasteiger partial charge in [-0.1, -0.05) is 25.5 Å². The Kier molecular flexibility index (Phi) is 5.01. The minimum absolute atomic E-state index is 0.0419. The van der Waals surface area contributed by atoms with Gasteiger partial charge in [-0.3, -0.25) is 4.79 Å². The van der Waals surface area contributed by atoms with Crippen LogP contribution in [0.3, 0.4) is 0 Å². The Morgan fingerprint density at radius 3 is 2.78 bits per heavy atom. The first-order valence-electron chi connectivity index (χ1n) is 8.24. The summed E-state index contributed by atoms with van der Waals surface area (Å²) < 4.78 is 5.26. The van der Waals surface area contributed by atoms with Crippen LogP contribution in [-0.4, -0.2) is 24.5 Å². The first-order valence-corrected chi connectivity index (χ1v) is 9.12. The Bertz CT molecular complexity index is 662. The zero-order valence-electron chi connectivity index (χ0n) is 13.7. The third-order valence-electron chi connectivity index (χ3n) is 4.46. The van der Waals surface area contributed by atoms with Crippen LogP contribution in [0.25, 0.3) is 0 Å². The molecule has 1 aromatic heterocycles. The van der Waals surface area contributed by atoms with Crippen molar-refractivity contribution in [1.29, 1.82) is 0 Å². The van der Waals surface area contributed by atoms with Gasteiger partial charge in [-0.2, -0.15) is 0 Å². The summed E-state index contributed by atoms with van der Waals surface area (Å²) >= 11 is 1.80. The topological polar surface area (TPSA) is 29.5 Å². The van der Waals surface area contributed by atoms with Gasteiger partial charge in [-0.05, 0) is 47.5 Å². The number of nitrogens with zero attached hydrogens (tertiary/aromatic N) is 1. The molecule has 3 nitrogen and oxygen atoms in total. The number of unbranched alkanes of at least 4 members (excludes halogenated alkanes) is 1. The summed E-state index contributed by atoms with van der Waals surface area (Å²) in [4.78, 5) is 16.2. The Hall–Kier alpha value is -1.81. The molecule has 2 heterocycles. The molecule has 0 saturated heterocycles. The molecule has 0 saturated carbocycles. The third-order valence-corrected chi connectivity index (χ3v) is 5.46. The SMILES string of the molecule is CCCCC(=O)N1CCc2sccc2[C@@H]1c1ccc(OC)cc1. The number of benzene rings is 1. The number of fused-ring (bicyclic) bond motifs is 1. The van der Waals surface area contributed by atoms with Crippen LogP contribution in [0.1, 0.15) is 48.2 Å². The van der Waals surface area contributed by atoms with E-state index in [1.165, 1.54) is 10.4 Å². The van der Waals surface area contributed by atoms with E-state index in [4.69, 9.17) is 4.74 Å². The smallest absolute Gasteiger partial charge is 0.223 e. The fourth-order valence-electron chi connectivity index (χ4n) is 3.20. The number of hydrogen-bond donors (Lipinski definition) is 0. The second kappa shape index (κ2) is 7.18. The molecule has 1 aromatic carbocycles. The maximum Gasteiger partial charge on any atom is 0.223 e. The summed E-state index contributed by atoms with van der Waals surface area (Å²) in [5.41, 5.74) is 2.45. The standard InChI is InChI=1S/C19H23NO2S/c1-3-4-5-18(21)20-12-10-17-16(11-13-23-17)19(20)14-6-8-15(22-2)9-7-14/h6-9,11,13,19H,3-5,10,12H2,1-2H3/t19-/m0/s1. The van der Waals surface area contributed by atoms with Crippen LogP contribution in [0.2, 0.25) is 0 Å². The first-order chi connectivity index (χ1) is 11.2. The summed E-state index contributed by atoms with van der Waals surface area (Å²) in [7, 11) is 1.67. The van der Waals surface area contributed by atoms with E-state index < -0.39 is 0 Å². The first kappa shape index (κ1) is 16.1. The summed E-state index contributed by atoms with van der Waals surface area (Å²) in [5, 5.41) is 2.14. The van der Waals surface area contributed by atoms with Crippen LogP contribution in [0.15, 0.2) is 35.7 Å². The third kappa shape index (κ3) is 3.27. The Labute approximate surface area is 141 Å². The molecule has 1 atom stereocenters. The lowest BCUT2D eigenvalue weighted by Crippen LogP contribution is -2.39. The van der Waals surface area contributed by atoms with Gasteiger partial charge in [-0.25, -0.2) is 0 Å². The van der Waals surface area contributed by atoms with Crippen molar-refractivity contribution < 1.29 is 9.53 Å². The van der Waals surface area contributed by atoms with Crippen LogP contribution < -0.4 is 4.74 Å². The molecular formula is C19H23NO2S. The molecule has 1 aliphatic heterocycles. The van der Waals surface area contributed by atoms with E-state index in [0.29, 0.717) is 6.42 Å². The maximum absolute atomic E-state index is 12.7. The van der Waals surface area contributed by atoms with Crippen molar-refractivity contribution in [2.24, 2.45) is 0 Å². The van der Waals surface area contributed by atoms with Gasteiger partial charge in [0.15, 0.2) is 0 Å². The fourth-order valence-corrected chi connectivity index (χ4v) is 4.11. The quantitative estimate of drug-likeness (QED) is 0.812. The van der Waals surface area contributed by atoms with E-state index in [9.17, 15) is 4.79 Å². The van der Waals surface area contributed by atoms with Crippen molar-refractivity contribution in [2.45, 2.75) is 38.6 Å². The van der Waals surface area contributed by atoms with E-state index in [0.717, 1.165) is 37.1 Å². The minimum Gasteiger partial charge on any atom is -0.497 e. The number of ether oxygens (including phenoxy) is 1. The lowest BCUT2D eigenvalue weighted by Gasteiger charge is -2.36. The Balaban J connectivity index is 1.94. The number of carbonyl (C=O) groups excluding carboxylic acids is 1. The highest BCUT2D eigenvalue weighted by atomic mass is 32.1. The van der Waals surface area contributed by atoms with Gasteiger partial charge in [0.05, 0.1) is 13.2 Å². The molecule has 0 spiro atoms. The number of hydrogen-bond acceptors (Lipinski definition) is 3. The fraction of sp³-hybridized carbons (Fsp3) is 0.421. The molecule has 0 bridgehead atoms. The summed E-state index contributed by atoms with van der Waals surface area (Å²) in [5.74, 6) is 1.11. The predicted octanol–water partition coefficient (Wildman–Crippen LogP) is 4.42. The summed E-state index contributed by atoms with van der Waals surface area (Å²) in [6.45, 7) is 2.94. The van der Waals surface area contributed by atoms with Crippen molar-refractivity contribution in [3.63, 3.8) is 0 Å². The van der Waals surface area contributed by atoms with Gasteiger partial charge in [0.2, 0.25) is 5.91 Å². The van der Waals surface area contributed by atoms with Crippen LogP contribution >= 0.6 is 11.3 Å². The largest absolute Gasteiger partial charge is 0.497 e. The predicted molar refractivity (Wildman–Crippen MR) is 94.1 cm³/mol. The molecule has 1 aliphatic rings. The molecule has 0 unspecified atom stereocenters. The molecule has 0 radical (unpaired) electrons. The minimum atomic E-state index is 0.0419. The number of rotatable bonds is 5. The van der Waals surface area contributed by atoms with Crippen molar-refractivity contribution in [3.8, 4) is 5.75 Å². The van der Waals surface area contributed by atoms with E-state index in [1.807, 2.05) is 12.1 Å². The molecule has 0 fully saturated rings. The van der Waals surface area contributed by atoms with Gasteiger partial charge < -0.3 is 9.64 Å². The normalized spacial score (nSPS) is 17.0. The molecule has 1 amide bonds. The molecule has 0 N–H and O–H groups in total. The molecule has 0 aliphatic carbocycles. The van der Waals surface area contributed by atoms with Gasteiger partial charge in [0.1, 0.15) is 5.75 Å². The van der Waals surface area contributed by atoms with Crippen molar-refractivity contribution in [1.82, 2.24) is 4.90 Å². The van der Waals surface area contributed by atoms with E-state index in [-0.39, 0.29) is 11.9 Å². The highest BCUT2D eigenvalue weighted by Crippen LogP contribution is 2.38. The van der Waals surface area contributed by atoms with E-state index in [1.54, 1.807) is 18.4 Å². The lowest BCUT2D eigenvalue weighted by atomic mass is 9.92. The monoisotopic (exact) mass is 329 g/mol. The summed E-state index contributed by atoms with van der Waals surface area (Å²) in [6.07, 6.45) is 3.62. The lowest BCUT2D eigenvalue weighted by molar-refractivity contribution is -0.133. The number of methoxy groups -OCH3 is 1. The summed E-state index contributed by atoms with van der Waals surface area (Å²) in [6, 6.07) is 10.3. The maximum atomic E-state index is 12.7. The van der Waals surface area contributed by atoms with Crippen LogP contribution in [0.5, 0.6) is 5.75 Å². The molecular weight excluding hydrogens is 306 g/mol. The van der Waals surface area contributed by atoms with Crippen LogP contribution in [0.4, 0.5) is 0 Å². The average Bonchev–Trinajstić information content (AvgIpc) is 3.07. The second-order valence-corrected chi connectivity index (χ2v) is 6.92. The molecule has 122 valence electrons. The number of amides is 1. The van der Waals surface area contributed by atoms with Gasteiger partial charge >= 0.3 is 0 Å². The molecule has 23 heavy (non-hydrogen) atoms. The highest BCUT2D eigenvalue weighted by Gasteiger charge is 2.32. The van der Waals surface area contributed by atoms with E-state index in [2.05, 4.69) is 35.4 Å². The molecule has 2 aromatic rings. The van der Waals surface area contributed by atoms with Crippen molar-refractivity contribution in [3.05, 3.63) is 51.7 Å². The van der Waals surface area contributed by atoms with Crippen molar-refractivity contribution in [2.75, 3.05) is 13.7 Å².